The van der Waals surface area contributed by atoms with E-state index < -0.39 is 18.0 Å². The highest BCUT2D eigenvalue weighted by Gasteiger charge is 2.15. The standard InChI is InChI=1S/C20H30N2O7/c1-26-8-10-28-18(23)16-12-15(6-4-3-5-7-22-20(21)25)13-17(14-16)19(24)29-11-9-27-2/h12-14H,3-11H2,1-2H3,(H3,21,22,25)/i/hD. The number of rotatable bonds is 14. The van der Waals surface area contributed by atoms with Crippen molar-refractivity contribution in [3.63, 3.8) is 0 Å². The average molecular weight is 411 g/mol. The predicted molar refractivity (Wildman–Crippen MR) is 106 cm³/mol. The molecular weight excluding hydrogens is 380 g/mol. The summed E-state index contributed by atoms with van der Waals surface area (Å²) in [5, 5.41) is 2.55. The molecule has 29 heavy (non-hydrogen) atoms. The lowest BCUT2D eigenvalue weighted by Crippen LogP contribution is -2.29. The first-order valence-electron chi connectivity index (χ1n) is 9.93. The van der Waals surface area contributed by atoms with Crippen LogP contribution in [0.1, 0.15) is 45.5 Å². The van der Waals surface area contributed by atoms with E-state index in [1.807, 2.05) is 0 Å². The van der Waals surface area contributed by atoms with E-state index in [9.17, 15) is 14.4 Å². The number of carbonyl (C=O) groups excluding carboxylic acids is 3. The molecular formula is C20H30N2O7. The quantitative estimate of drug-likeness (QED) is 0.352. The van der Waals surface area contributed by atoms with Gasteiger partial charge in [-0.2, -0.15) is 0 Å². The van der Waals surface area contributed by atoms with Crippen LogP contribution in [0.4, 0.5) is 4.79 Å². The molecule has 1 rings (SSSR count). The van der Waals surface area contributed by atoms with Gasteiger partial charge in [-0.3, -0.25) is 0 Å². The number of nitrogens with two attached hydrogens (primary N) is 1. The Morgan fingerprint density at radius 1 is 0.897 bits per heavy atom. The number of methoxy groups -OCH3 is 2. The van der Waals surface area contributed by atoms with Gasteiger partial charge in [-0.15, -0.1) is 0 Å². The second-order valence-electron chi connectivity index (χ2n) is 6.24. The maximum Gasteiger partial charge on any atom is 0.338 e. The van der Waals surface area contributed by atoms with Crippen molar-refractivity contribution in [2.45, 2.75) is 25.7 Å². The Kier molecular flexibility index (Phi) is 11.2. The molecule has 2 amide bonds. The summed E-state index contributed by atoms with van der Waals surface area (Å²) in [4.78, 5) is 35.6. The van der Waals surface area contributed by atoms with Crippen LogP contribution in [0.25, 0.3) is 0 Å². The fraction of sp³-hybridized carbons (Fsp3) is 0.550. The number of nitrogens with one attached hydrogen (secondary N) is 1. The number of amides is 2. The molecule has 1 aromatic carbocycles. The van der Waals surface area contributed by atoms with Crippen LogP contribution >= 0.6 is 0 Å². The van der Waals surface area contributed by atoms with E-state index in [1.54, 1.807) is 17.9 Å². The van der Waals surface area contributed by atoms with Crippen LogP contribution in [0.3, 0.4) is 0 Å². The number of carbonyl (C=O) groups is 3. The number of unbranched alkanes of at least 4 members (excludes halogenated alkanes) is 2. The Bertz CT molecular complexity index is 645. The van der Waals surface area contributed by atoms with E-state index in [-0.39, 0.29) is 37.6 Å². The van der Waals surface area contributed by atoms with Crippen LogP contribution in [0.15, 0.2) is 18.2 Å². The minimum Gasteiger partial charge on any atom is -0.460 e. The lowest BCUT2D eigenvalue weighted by atomic mass is 10.0. The van der Waals surface area contributed by atoms with E-state index in [0.717, 1.165) is 24.8 Å². The third kappa shape index (κ3) is 10.5. The highest BCUT2D eigenvalue weighted by molar-refractivity contribution is 5.95. The van der Waals surface area contributed by atoms with E-state index >= 15 is 0 Å². The summed E-state index contributed by atoms with van der Waals surface area (Å²) in [6, 6.07) is 4.32. The Balaban J connectivity index is 2.73. The van der Waals surface area contributed by atoms with Crippen molar-refractivity contribution >= 4 is 18.0 Å². The monoisotopic (exact) mass is 411 g/mol. The second kappa shape index (κ2) is 14.4. The van der Waals surface area contributed by atoms with Crippen molar-refractivity contribution in [3.05, 3.63) is 34.9 Å². The first-order chi connectivity index (χ1) is 14.5. The van der Waals surface area contributed by atoms with Gasteiger partial charge in [-0.1, -0.05) is 6.42 Å². The number of esters is 2. The zero-order valence-corrected chi connectivity index (χ0v) is 17.0. The average Bonchev–Trinajstić information content (AvgIpc) is 2.75. The van der Waals surface area contributed by atoms with Gasteiger partial charge < -0.3 is 30.0 Å². The number of benzene rings is 1. The van der Waals surface area contributed by atoms with Gasteiger partial charge in [-0.25, -0.2) is 14.4 Å². The number of hydrogen-bond donors (Lipinski definition) is 2. The number of hydrogen-bond acceptors (Lipinski definition) is 7. The van der Waals surface area contributed by atoms with Gasteiger partial charge in [-0.05, 0) is 43.0 Å². The highest BCUT2D eigenvalue weighted by atomic mass is 16.6. The van der Waals surface area contributed by atoms with Crippen LogP contribution in [0.5, 0.6) is 0 Å². The first-order valence-corrected chi connectivity index (χ1v) is 9.43. The van der Waals surface area contributed by atoms with Crippen LogP contribution in [-0.2, 0) is 25.4 Å². The summed E-state index contributed by atoms with van der Waals surface area (Å²) >= 11 is 0. The summed E-state index contributed by atoms with van der Waals surface area (Å²) in [5.74, 6) is -1.07. The Labute approximate surface area is 172 Å². The largest absolute Gasteiger partial charge is 0.460 e. The van der Waals surface area contributed by atoms with Crippen LogP contribution < -0.4 is 11.0 Å². The van der Waals surface area contributed by atoms with Crippen molar-refractivity contribution in [1.82, 2.24) is 5.32 Å². The molecule has 0 unspecified atom stereocenters. The van der Waals surface area contributed by atoms with Crippen LogP contribution in [0, 0.1) is 0 Å². The Morgan fingerprint density at radius 2 is 1.48 bits per heavy atom. The number of aryl methyl sites for hydroxylation is 1. The topological polar surface area (TPSA) is 126 Å². The molecule has 0 aliphatic rings. The summed E-state index contributed by atoms with van der Waals surface area (Å²) in [6.45, 7) is 1.26. The molecule has 0 spiro atoms. The lowest BCUT2D eigenvalue weighted by molar-refractivity contribution is 0.0384. The molecule has 162 valence electrons. The number of primary amides is 1. The maximum atomic E-state index is 12.3. The van der Waals surface area contributed by atoms with Crippen molar-refractivity contribution in [2.24, 2.45) is 5.73 Å². The molecule has 0 aliphatic heterocycles. The Hall–Kier alpha value is -2.65. The fourth-order valence-corrected chi connectivity index (χ4v) is 2.51. The van der Waals surface area contributed by atoms with Gasteiger partial charge in [0.25, 0.3) is 0 Å². The van der Waals surface area contributed by atoms with Gasteiger partial charge >= 0.3 is 18.0 Å². The molecule has 3 N–H and O–H groups in total. The predicted octanol–water partition coefficient (Wildman–Crippen LogP) is 1.67. The molecule has 0 saturated heterocycles. The first kappa shape index (κ1) is 22.6. The molecule has 9 nitrogen and oxygen atoms in total. The van der Waals surface area contributed by atoms with Crippen molar-refractivity contribution in [2.75, 3.05) is 47.2 Å². The second-order valence-corrected chi connectivity index (χ2v) is 6.24. The maximum absolute atomic E-state index is 12.3. The number of ether oxygens (including phenoxy) is 4. The molecule has 0 atom stereocenters. The molecule has 0 aromatic heterocycles. The van der Waals surface area contributed by atoms with Gasteiger partial charge in [0.1, 0.15) is 13.2 Å². The van der Waals surface area contributed by atoms with Crippen LogP contribution in [0.2, 0.25) is 1.41 Å². The lowest BCUT2D eigenvalue weighted by Gasteiger charge is -2.10. The summed E-state index contributed by atoms with van der Waals surface area (Å²) in [6.07, 6.45) is 3.01. The molecule has 1 aromatic rings. The molecule has 0 saturated carbocycles. The molecule has 0 fully saturated rings. The van der Waals surface area contributed by atoms with E-state index in [0.29, 0.717) is 13.0 Å². The molecule has 0 radical (unpaired) electrons. The van der Waals surface area contributed by atoms with Crippen molar-refractivity contribution < 1.29 is 34.7 Å². The fourth-order valence-electron chi connectivity index (χ4n) is 2.51. The summed E-state index contributed by atoms with van der Waals surface area (Å²) < 4.78 is 26.7. The van der Waals surface area contributed by atoms with Gasteiger partial charge in [0, 0.05) is 20.8 Å². The van der Waals surface area contributed by atoms with Gasteiger partial charge in [0.15, 0.2) is 1.41 Å². The minimum atomic E-state index is -0.537. The molecule has 0 bridgehead atoms. The smallest absolute Gasteiger partial charge is 0.338 e. The van der Waals surface area contributed by atoms with Gasteiger partial charge in [0.05, 0.1) is 24.3 Å². The van der Waals surface area contributed by atoms with E-state index in [2.05, 4.69) is 5.32 Å². The highest BCUT2D eigenvalue weighted by Crippen LogP contribution is 2.16. The molecule has 9 heteroatoms. The SMILES string of the molecule is [2H]NC(=O)NCCCCCc1cc(C(=O)OCCOC)cc(C(=O)OCCOC)c1. The minimum absolute atomic E-state index is 0.117. The van der Waals surface area contributed by atoms with Gasteiger partial charge in [0.2, 0.25) is 0 Å². The Morgan fingerprint density at radius 3 is 2.00 bits per heavy atom. The zero-order valence-electron chi connectivity index (χ0n) is 18.0. The van der Waals surface area contributed by atoms with E-state index in [1.165, 1.54) is 20.3 Å². The third-order valence-electron chi connectivity index (χ3n) is 3.93. The normalized spacial score (nSPS) is 10.8. The summed E-state index contributed by atoms with van der Waals surface area (Å²) in [5.41, 5.74) is 3.11. The zero-order chi connectivity index (χ0) is 22.2. The number of urea groups is 1. The van der Waals surface area contributed by atoms with Crippen LogP contribution in [-0.4, -0.2) is 65.2 Å². The third-order valence-corrected chi connectivity index (χ3v) is 3.93. The van der Waals surface area contributed by atoms with E-state index in [4.69, 9.17) is 20.4 Å². The van der Waals surface area contributed by atoms with Crippen molar-refractivity contribution in [3.8, 4) is 0 Å². The molecule has 0 heterocycles. The summed E-state index contributed by atoms with van der Waals surface area (Å²) in [7, 11) is 3.02. The molecule has 0 aliphatic carbocycles. The van der Waals surface area contributed by atoms with Crippen molar-refractivity contribution in [1.29, 1.82) is 0 Å².